The van der Waals surface area contributed by atoms with Crippen molar-refractivity contribution in [2.45, 2.75) is 13.0 Å². The van der Waals surface area contributed by atoms with Gasteiger partial charge < -0.3 is 9.73 Å². The van der Waals surface area contributed by atoms with Crippen molar-refractivity contribution in [2.24, 2.45) is 0 Å². The summed E-state index contributed by atoms with van der Waals surface area (Å²) in [6.45, 7) is 2.04. The molecule has 4 heteroatoms. The lowest BCUT2D eigenvalue weighted by molar-refractivity contribution is 0.471. The summed E-state index contributed by atoms with van der Waals surface area (Å²) in [5.74, 6) is 0.891. The van der Waals surface area contributed by atoms with Crippen LogP contribution >= 0.6 is 27.5 Å². The first-order chi connectivity index (χ1) is 7.65. The van der Waals surface area contributed by atoms with E-state index in [9.17, 15) is 0 Å². The second kappa shape index (κ2) is 4.93. The van der Waals surface area contributed by atoms with Crippen LogP contribution < -0.4 is 5.32 Å². The van der Waals surface area contributed by atoms with Gasteiger partial charge in [0.2, 0.25) is 0 Å². The molecule has 0 aliphatic heterocycles. The molecule has 2 aromatic rings. The van der Waals surface area contributed by atoms with Crippen molar-refractivity contribution in [3.8, 4) is 0 Å². The second-order valence-corrected chi connectivity index (χ2v) is 4.73. The van der Waals surface area contributed by atoms with E-state index in [1.807, 2.05) is 43.3 Å². The van der Waals surface area contributed by atoms with Crippen LogP contribution in [0.2, 0.25) is 5.02 Å². The highest BCUT2D eigenvalue weighted by atomic mass is 79.9. The molecular weight excluding hydrogens is 289 g/mol. The molecule has 1 aromatic heterocycles. The Morgan fingerprint density at radius 1 is 1.19 bits per heavy atom. The molecule has 16 heavy (non-hydrogen) atoms. The summed E-state index contributed by atoms with van der Waals surface area (Å²) >= 11 is 9.10. The molecule has 1 heterocycles. The standard InChI is InChI=1S/C12H11BrClNO/c1-8(11-6-7-12(13)16-11)15-10-4-2-9(14)3-5-10/h2-8,15H,1H3. The van der Waals surface area contributed by atoms with Gasteiger partial charge in [-0.15, -0.1) is 0 Å². The summed E-state index contributed by atoms with van der Waals surface area (Å²) in [6.07, 6.45) is 0. The highest BCUT2D eigenvalue weighted by molar-refractivity contribution is 9.10. The summed E-state index contributed by atoms with van der Waals surface area (Å²) in [7, 11) is 0. The lowest BCUT2D eigenvalue weighted by atomic mass is 10.2. The lowest BCUT2D eigenvalue weighted by Gasteiger charge is -2.12. The first-order valence-electron chi connectivity index (χ1n) is 4.92. The molecule has 0 amide bonds. The summed E-state index contributed by atoms with van der Waals surface area (Å²) in [6, 6.07) is 11.5. The van der Waals surface area contributed by atoms with Crippen molar-refractivity contribution in [2.75, 3.05) is 5.32 Å². The summed E-state index contributed by atoms with van der Waals surface area (Å²) < 4.78 is 6.21. The molecule has 1 atom stereocenters. The number of benzene rings is 1. The fraction of sp³-hybridized carbons (Fsp3) is 0.167. The van der Waals surface area contributed by atoms with E-state index in [0.717, 1.165) is 21.1 Å². The molecule has 84 valence electrons. The molecular formula is C12H11BrClNO. The van der Waals surface area contributed by atoms with Crippen LogP contribution in [0.5, 0.6) is 0 Å². The minimum Gasteiger partial charge on any atom is -0.452 e. The average Bonchev–Trinajstić information content (AvgIpc) is 2.68. The predicted molar refractivity (Wildman–Crippen MR) is 69.9 cm³/mol. The molecule has 0 radical (unpaired) electrons. The molecule has 0 saturated carbocycles. The van der Waals surface area contributed by atoms with E-state index in [1.54, 1.807) is 0 Å². The first kappa shape index (κ1) is 11.6. The molecule has 2 rings (SSSR count). The Labute approximate surface area is 108 Å². The Balaban J connectivity index is 2.07. The van der Waals surface area contributed by atoms with Crippen molar-refractivity contribution in [3.63, 3.8) is 0 Å². The third kappa shape index (κ3) is 2.80. The van der Waals surface area contributed by atoms with Gasteiger partial charge in [-0.05, 0) is 59.3 Å². The third-order valence-corrected chi connectivity index (χ3v) is 2.93. The molecule has 0 spiro atoms. The Hall–Kier alpha value is -0.930. The monoisotopic (exact) mass is 299 g/mol. The van der Waals surface area contributed by atoms with Crippen LogP contribution in [-0.4, -0.2) is 0 Å². The highest BCUT2D eigenvalue weighted by Crippen LogP contribution is 2.24. The van der Waals surface area contributed by atoms with Crippen molar-refractivity contribution in [1.82, 2.24) is 0 Å². The normalized spacial score (nSPS) is 12.4. The number of anilines is 1. The van der Waals surface area contributed by atoms with E-state index in [-0.39, 0.29) is 6.04 Å². The summed E-state index contributed by atoms with van der Waals surface area (Å²) in [5.41, 5.74) is 1.02. The minimum atomic E-state index is 0.118. The Morgan fingerprint density at radius 3 is 2.44 bits per heavy atom. The maximum absolute atomic E-state index is 5.82. The number of nitrogens with one attached hydrogen (secondary N) is 1. The smallest absolute Gasteiger partial charge is 0.169 e. The number of hydrogen-bond donors (Lipinski definition) is 1. The molecule has 0 saturated heterocycles. The van der Waals surface area contributed by atoms with Crippen LogP contribution in [0.1, 0.15) is 18.7 Å². The molecule has 0 aliphatic carbocycles. The van der Waals surface area contributed by atoms with Crippen LogP contribution in [0.25, 0.3) is 0 Å². The fourth-order valence-corrected chi connectivity index (χ4v) is 1.87. The predicted octanol–water partition coefficient (Wildman–Crippen LogP) is 4.87. The van der Waals surface area contributed by atoms with Crippen molar-refractivity contribution < 1.29 is 4.42 Å². The zero-order chi connectivity index (χ0) is 11.5. The van der Waals surface area contributed by atoms with Crippen molar-refractivity contribution in [3.05, 3.63) is 51.9 Å². The van der Waals surface area contributed by atoms with Gasteiger partial charge in [-0.1, -0.05) is 11.6 Å². The second-order valence-electron chi connectivity index (χ2n) is 3.51. The molecule has 0 bridgehead atoms. The first-order valence-corrected chi connectivity index (χ1v) is 6.09. The van der Waals surface area contributed by atoms with Gasteiger partial charge in [-0.2, -0.15) is 0 Å². The van der Waals surface area contributed by atoms with E-state index in [1.165, 1.54) is 0 Å². The van der Waals surface area contributed by atoms with Gasteiger partial charge in [0, 0.05) is 10.7 Å². The van der Waals surface area contributed by atoms with Crippen LogP contribution in [-0.2, 0) is 0 Å². The van der Waals surface area contributed by atoms with Crippen LogP contribution in [0.15, 0.2) is 45.5 Å². The van der Waals surface area contributed by atoms with E-state index < -0.39 is 0 Å². The third-order valence-electron chi connectivity index (χ3n) is 2.25. The van der Waals surface area contributed by atoms with Crippen molar-refractivity contribution >= 4 is 33.2 Å². The van der Waals surface area contributed by atoms with Gasteiger partial charge in [-0.25, -0.2) is 0 Å². The number of halogens is 2. The summed E-state index contributed by atoms with van der Waals surface area (Å²) in [4.78, 5) is 0. The topological polar surface area (TPSA) is 25.2 Å². The minimum absolute atomic E-state index is 0.118. The molecule has 0 aliphatic rings. The van der Waals surface area contributed by atoms with Crippen LogP contribution in [0.4, 0.5) is 5.69 Å². The lowest BCUT2D eigenvalue weighted by Crippen LogP contribution is -2.05. The maximum Gasteiger partial charge on any atom is 0.169 e. The highest BCUT2D eigenvalue weighted by Gasteiger charge is 2.09. The van der Waals surface area contributed by atoms with E-state index in [0.29, 0.717) is 0 Å². The zero-order valence-corrected chi connectivity index (χ0v) is 11.0. The van der Waals surface area contributed by atoms with Gasteiger partial charge in [0.05, 0.1) is 6.04 Å². The van der Waals surface area contributed by atoms with Gasteiger partial charge in [0.25, 0.3) is 0 Å². The van der Waals surface area contributed by atoms with Gasteiger partial charge in [0.15, 0.2) is 4.67 Å². The average molecular weight is 301 g/mol. The molecule has 0 fully saturated rings. The number of hydrogen-bond acceptors (Lipinski definition) is 2. The summed E-state index contributed by atoms with van der Waals surface area (Å²) in [5, 5.41) is 4.06. The Morgan fingerprint density at radius 2 is 1.88 bits per heavy atom. The van der Waals surface area contributed by atoms with Crippen molar-refractivity contribution in [1.29, 1.82) is 0 Å². The number of rotatable bonds is 3. The van der Waals surface area contributed by atoms with Crippen LogP contribution in [0, 0.1) is 0 Å². The fourth-order valence-electron chi connectivity index (χ4n) is 1.43. The van der Waals surface area contributed by atoms with E-state index in [2.05, 4.69) is 21.2 Å². The molecule has 1 unspecified atom stereocenters. The van der Waals surface area contributed by atoms with Gasteiger partial charge in [-0.3, -0.25) is 0 Å². The van der Waals surface area contributed by atoms with E-state index >= 15 is 0 Å². The zero-order valence-electron chi connectivity index (χ0n) is 8.71. The maximum atomic E-state index is 5.82. The Kier molecular flexibility index (Phi) is 3.56. The van der Waals surface area contributed by atoms with Gasteiger partial charge in [0.1, 0.15) is 5.76 Å². The number of furan rings is 1. The van der Waals surface area contributed by atoms with Gasteiger partial charge >= 0.3 is 0 Å². The van der Waals surface area contributed by atoms with E-state index in [4.69, 9.17) is 16.0 Å². The Bertz CT molecular complexity index is 466. The van der Waals surface area contributed by atoms with Crippen LogP contribution in [0.3, 0.4) is 0 Å². The SMILES string of the molecule is CC(Nc1ccc(Cl)cc1)c1ccc(Br)o1. The molecule has 2 nitrogen and oxygen atoms in total. The molecule has 1 aromatic carbocycles. The largest absolute Gasteiger partial charge is 0.452 e. The molecule has 1 N–H and O–H groups in total. The quantitative estimate of drug-likeness (QED) is 0.875.